The normalized spacial score (nSPS) is 12.7. The van der Waals surface area contributed by atoms with Gasteiger partial charge in [0.15, 0.2) is 0 Å². The summed E-state index contributed by atoms with van der Waals surface area (Å²) in [7, 11) is 0. The first-order valence-electron chi connectivity index (χ1n) is 6.80. The molecule has 0 fully saturated rings. The van der Waals surface area contributed by atoms with Crippen LogP contribution in [-0.4, -0.2) is 44.1 Å². The zero-order chi connectivity index (χ0) is 15.4. The molecular weight excluding hydrogens is 272 g/mol. The maximum atomic E-state index is 12.3. The quantitative estimate of drug-likeness (QED) is 0.846. The van der Waals surface area contributed by atoms with Gasteiger partial charge < -0.3 is 5.11 Å². The monoisotopic (exact) mass is 290 g/mol. The third-order valence-corrected chi connectivity index (χ3v) is 3.36. The van der Waals surface area contributed by atoms with E-state index in [1.54, 1.807) is 31.2 Å². The summed E-state index contributed by atoms with van der Waals surface area (Å²) in [4.78, 5) is 25.1. The van der Waals surface area contributed by atoms with Crippen molar-refractivity contribution in [2.75, 3.05) is 13.1 Å². The summed E-state index contributed by atoms with van der Waals surface area (Å²) in [6.45, 7) is 4.75. The maximum Gasteiger partial charge on any atom is 0.307 e. The van der Waals surface area contributed by atoms with Crippen LogP contribution in [0, 0.1) is 5.92 Å². The Morgan fingerprint density at radius 1 is 1.43 bits per heavy atom. The summed E-state index contributed by atoms with van der Waals surface area (Å²) in [5.74, 6) is -1.36. The summed E-state index contributed by atoms with van der Waals surface area (Å²) in [6.07, 6.45) is 0. The lowest BCUT2D eigenvalue weighted by atomic mass is 10.2. The molecule has 112 valence electrons. The van der Waals surface area contributed by atoms with E-state index in [9.17, 15) is 9.59 Å². The number of hydrogen-bond donors (Lipinski definition) is 1. The van der Waals surface area contributed by atoms with Crippen molar-refractivity contribution < 1.29 is 9.90 Å². The van der Waals surface area contributed by atoms with Gasteiger partial charge in [-0.15, -0.1) is 5.10 Å². The summed E-state index contributed by atoms with van der Waals surface area (Å²) in [5, 5.41) is 17.4. The highest BCUT2D eigenvalue weighted by atomic mass is 16.4. The predicted octanol–water partition coefficient (Wildman–Crippen LogP) is 0.792. The molecule has 1 unspecified atom stereocenters. The van der Waals surface area contributed by atoms with Gasteiger partial charge in [-0.1, -0.05) is 31.2 Å². The number of hydrogen-bond acceptors (Lipinski definition) is 5. The Morgan fingerprint density at radius 2 is 2.14 bits per heavy atom. The number of fused-ring (bicyclic) bond motifs is 1. The molecule has 1 aromatic carbocycles. The van der Waals surface area contributed by atoms with Crippen molar-refractivity contribution in [3.63, 3.8) is 0 Å². The fourth-order valence-electron chi connectivity index (χ4n) is 2.06. The van der Waals surface area contributed by atoms with E-state index in [1.807, 2.05) is 11.8 Å². The van der Waals surface area contributed by atoms with Gasteiger partial charge in [-0.25, -0.2) is 0 Å². The van der Waals surface area contributed by atoms with Crippen LogP contribution in [0.25, 0.3) is 10.9 Å². The second kappa shape index (κ2) is 6.45. The predicted molar refractivity (Wildman–Crippen MR) is 77.8 cm³/mol. The maximum absolute atomic E-state index is 12.3. The zero-order valence-electron chi connectivity index (χ0n) is 12.1. The second-order valence-corrected chi connectivity index (χ2v) is 4.96. The third kappa shape index (κ3) is 3.43. The van der Waals surface area contributed by atoms with Gasteiger partial charge in [-0.05, 0) is 18.7 Å². The Kier molecular flexibility index (Phi) is 4.64. The minimum atomic E-state index is -0.856. The first kappa shape index (κ1) is 15.1. The van der Waals surface area contributed by atoms with E-state index < -0.39 is 11.9 Å². The summed E-state index contributed by atoms with van der Waals surface area (Å²) in [5.41, 5.74) is 0.336. The van der Waals surface area contributed by atoms with Crippen LogP contribution >= 0.6 is 0 Å². The second-order valence-electron chi connectivity index (χ2n) is 4.96. The fourth-order valence-corrected chi connectivity index (χ4v) is 2.06. The molecule has 21 heavy (non-hydrogen) atoms. The molecule has 7 heteroatoms. The standard InChI is InChI=1S/C14H18N4O3/c1-3-17(8-10(2)14(20)21)9-18-13(19)11-6-4-5-7-12(11)15-16-18/h4-7,10H,3,8-9H2,1-2H3,(H,20,21). The van der Waals surface area contributed by atoms with Crippen molar-refractivity contribution in [2.24, 2.45) is 5.92 Å². The van der Waals surface area contributed by atoms with E-state index in [2.05, 4.69) is 10.3 Å². The number of carbonyl (C=O) groups is 1. The smallest absolute Gasteiger partial charge is 0.307 e. The van der Waals surface area contributed by atoms with Crippen LogP contribution in [0.4, 0.5) is 0 Å². The topological polar surface area (TPSA) is 88.3 Å². The van der Waals surface area contributed by atoms with Crippen LogP contribution in [0.15, 0.2) is 29.1 Å². The lowest BCUT2D eigenvalue weighted by Crippen LogP contribution is -2.38. The van der Waals surface area contributed by atoms with Crippen molar-refractivity contribution in [2.45, 2.75) is 20.5 Å². The van der Waals surface area contributed by atoms with Gasteiger partial charge in [0.2, 0.25) is 0 Å². The molecule has 0 saturated carbocycles. The van der Waals surface area contributed by atoms with E-state index in [-0.39, 0.29) is 12.2 Å². The lowest BCUT2D eigenvalue weighted by Gasteiger charge is -2.22. The third-order valence-electron chi connectivity index (χ3n) is 3.36. The van der Waals surface area contributed by atoms with Crippen LogP contribution in [0.2, 0.25) is 0 Å². The lowest BCUT2D eigenvalue weighted by molar-refractivity contribution is -0.141. The summed E-state index contributed by atoms with van der Waals surface area (Å²) < 4.78 is 1.26. The average molecular weight is 290 g/mol. The first-order valence-corrected chi connectivity index (χ1v) is 6.80. The molecule has 1 N–H and O–H groups in total. The molecule has 2 rings (SSSR count). The van der Waals surface area contributed by atoms with Crippen molar-refractivity contribution in [3.8, 4) is 0 Å². The van der Waals surface area contributed by atoms with Gasteiger partial charge in [0, 0.05) is 6.54 Å². The van der Waals surface area contributed by atoms with Crippen molar-refractivity contribution in [1.29, 1.82) is 0 Å². The van der Waals surface area contributed by atoms with Crippen LogP contribution in [0.3, 0.4) is 0 Å². The fraction of sp³-hybridized carbons (Fsp3) is 0.429. The molecule has 7 nitrogen and oxygen atoms in total. The molecule has 0 aliphatic carbocycles. The van der Waals surface area contributed by atoms with Crippen LogP contribution in [-0.2, 0) is 11.5 Å². The number of benzene rings is 1. The minimum Gasteiger partial charge on any atom is -0.481 e. The number of aromatic nitrogens is 3. The molecule has 0 saturated heterocycles. The van der Waals surface area contributed by atoms with Gasteiger partial charge in [-0.2, -0.15) is 4.68 Å². The van der Waals surface area contributed by atoms with Gasteiger partial charge in [0.05, 0.1) is 18.0 Å². The molecular formula is C14H18N4O3. The van der Waals surface area contributed by atoms with Crippen molar-refractivity contribution in [3.05, 3.63) is 34.6 Å². The molecule has 0 bridgehead atoms. The number of rotatable bonds is 6. The van der Waals surface area contributed by atoms with Crippen molar-refractivity contribution >= 4 is 16.9 Å². The van der Waals surface area contributed by atoms with Gasteiger partial charge >= 0.3 is 5.97 Å². The molecule has 0 aliphatic heterocycles. The number of carboxylic acids is 1. The Hall–Kier alpha value is -2.28. The zero-order valence-corrected chi connectivity index (χ0v) is 12.1. The number of nitrogens with zero attached hydrogens (tertiary/aromatic N) is 4. The van der Waals surface area contributed by atoms with Crippen LogP contribution < -0.4 is 5.56 Å². The summed E-state index contributed by atoms with van der Waals surface area (Å²) in [6, 6.07) is 7.02. The molecule has 0 amide bonds. The highest BCUT2D eigenvalue weighted by molar-refractivity contribution is 5.76. The van der Waals surface area contributed by atoms with Gasteiger partial charge in [0.25, 0.3) is 5.56 Å². The van der Waals surface area contributed by atoms with Crippen molar-refractivity contribution in [1.82, 2.24) is 19.9 Å². The molecule has 0 spiro atoms. The van der Waals surface area contributed by atoms with E-state index in [0.717, 1.165) is 0 Å². The van der Waals surface area contributed by atoms with Crippen LogP contribution in [0.1, 0.15) is 13.8 Å². The van der Waals surface area contributed by atoms with Gasteiger partial charge in [0.1, 0.15) is 5.52 Å². The largest absolute Gasteiger partial charge is 0.481 e. The molecule has 0 aliphatic rings. The van der Waals surface area contributed by atoms with E-state index in [4.69, 9.17) is 5.11 Å². The molecule has 1 heterocycles. The Morgan fingerprint density at radius 3 is 2.81 bits per heavy atom. The van der Waals surface area contributed by atoms with E-state index in [1.165, 1.54) is 4.68 Å². The number of carboxylic acid groups (broad SMARTS) is 1. The first-order chi connectivity index (χ1) is 10.0. The molecule has 0 radical (unpaired) electrons. The highest BCUT2D eigenvalue weighted by Gasteiger charge is 2.16. The Balaban J connectivity index is 2.24. The molecule has 1 atom stereocenters. The summed E-state index contributed by atoms with van der Waals surface area (Å²) >= 11 is 0. The molecule has 2 aromatic rings. The number of aliphatic carboxylic acids is 1. The van der Waals surface area contributed by atoms with Crippen LogP contribution in [0.5, 0.6) is 0 Å². The average Bonchev–Trinajstić information content (AvgIpc) is 2.49. The Labute approximate surface area is 121 Å². The van der Waals surface area contributed by atoms with E-state index in [0.29, 0.717) is 24.0 Å². The minimum absolute atomic E-state index is 0.220. The Bertz CT molecular complexity index is 698. The molecule has 1 aromatic heterocycles. The highest BCUT2D eigenvalue weighted by Crippen LogP contribution is 2.05. The SMILES string of the molecule is CCN(CC(C)C(=O)O)Cn1nnc2ccccc2c1=O. The van der Waals surface area contributed by atoms with Gasteiger partial charge in [-0.3, -0.25) is 14.5 Å². The van der Waals surface area contributed by atoms with E-state index >= 15 is 0 Å².